The summed E-state index contributed by atoms with van der Waals surface area (Å²) in [5.41, 5.74) is 5.98. The number of fused-ring (bicyclic) bond motifs is 1. The number of aryl methyl sites for hydroxylation is 1. The van der Waals surface area contributed by atoms with Gasteiger partial charge in [-0.25, -0.2) is 0 Å². The molecule has 0 atom stereocenters. The molecule has 0 amide bonds. The van der Waals surface area contributed by atoms with Crippen molar-refractivity contribution in [3.63, 3.8) is 0 Å². The maximum absolute atomic E-state index is 12.6. The van der Waals surface area contributed by atoms with E-state index in [-0.39, 0.29) is 5.69 Å². The zero-order valence-electron chi connectivity index (χ0n) is 9.26. The van der Waals surface area contributed by atoms with Gasteiger partial charge < -0.3 is 5.73 Å². The Morgan fingerprint density at radius 2 is 1.94 bits per heavy atom. The average molecular weight is 275 g/mol. The highest BCUT2D eigenvalue weighted by molar-refractivity contribution is 6.17. The molecular weight excluding hydrogens is 265 g/mol. The molecule has 2 N–H and O–H groups in total. The molecule has 2 rings (SSSR count). The predicted molar refractivity (Wildman–Crippen MR) is 65.6 cm³/mol. The highest BCUT2D eigenvalue weighted by atomic mass is 35.5. The first-order valence-electron chi connectivity index (χ1n) is 5.24. The fourth-order valence-corrected chi connectivity index (χ4v) is 1.90. The van der Waals surface area contributed by atoms with E-state index in [1.807, 2.05) is 0 Å². The minimum absolute atomic E-state index is 0.0243. The zero-order valence-corrected chi connectivity index (χ0v) is 10.0. The third kappa shape index (κ3) is 2.51. The summed E-state index contributed by atoms with van der Waals surface area (Å²) in [6, 6.07) is 5.18. The van der Waals surface area contributed by atoms with E-state index < -0.39 is 11.7 Å². The highest BCUT2D eigenvalue weighted by Gasteiger charge is 2.31. The molecule has 0 radical (unpaired) electrons. The Balaban J connectivity index is 2.59. The van der Waals surface area contributed by atoms with Crippen molar-refractivity contribution in [2.75, 3.05) is 11.6 Å². The number of benzene rings is 1. The van der Waals surface area contributed by atoms with Gasteiger partial charge in [-0.15, -0.1) is 11.6 Å². The number of anilines is 1. The Morgan fingerprint density at radius 3 is 2.56 bits per heavy atom. The van der Waals surface area contributed by atoms with Crippen molar-refractivity contribution < 1.29 is 13.2 Å². The second kappa shape index (κ2) is 4.65. The van der Waals surface area contributed by atoms with Gasteiger partial charge in [0.1, 0.15) is 0 Å². The smallest absolute Gasteiger partial charge is 0.397 e. The number of halogens is 4. The fourth-order valence-electron chi connectivity index (χ4n) is 1.70. The van der Waals surface area contributed by atoms with Gasteiger partial charge in [0, 0.05) is 23.4 Å². The van der Waals surface area contributed by atoms with E-state index >= 15 is 0 Å². The molecule has 0 aliphatic heterocycles. The predicted octanol–water partition coefficient (Wildman–Crippen LogP) is 3.62. The lowest BCUT2D eigenvalue weighted by Gasteiger charge is -2.10. The number of pyridine rings is 1. The van der Waals surface area contributed by atoms with Crippen LogP contribution in [0.5, 0.6) is 0 Å². The Morgan fingerprint density at radius 1 is 1.22 bits per heavy atom. The van der Waals surface area contributed by atoms with Crippen LogP contribution in [-0.2, 0) is 12.6 Å². The third-order valence-corrected chi connectivity index (χ3v) is 2.75. The maximum atomic E-state index is 12.6. The van der Waals surface area contributed by atoms with Crippen LogP contribution in [0.3, 0.4) is 0 Å². The summed E-state index contributed by atoms with van der Waals surface area (Å²) >= 11 is 5.59. The summed E-state index contributed by atoms with van der Waals surface area (Å²) in [6.07, 6.45) is -3.85. The van der Waals surface area contributed by atoms with Gasteiger partial charge in [0.25, 0.3) is 0 Å². The van der Waals surface area contributed by atoms with Gasteiger partial charge in [-0.05, 0) is 18.2 Å². The van der Waals surface area contributed by atoms with Crippen LogP contribution in [0.1, 0.15) is 11.3 Å². The molecule has 0 aliphatic carbocycles. The molecule has 6 heteroatoms. The van der Waals surface area contributed by atoms with Crippen molar-refractivity contribution in [3.8, 4) is 0 Å². The molecule has 96 valence electrons. The van der Waals surface area contributed by atoms with Crippen LogP contribution < -0.4 is 5.73 Å². The molecule has 1 heterocycles. The van der Waals surface area contributed by atoms with E-state index in [0.717, 1.165) is 12.1 Å². The number of aromatic nitrogens is 1. The second-order valence-electron chi connectivity index (χ2n) is 3.88. The SMILES string of the molecule is Nc1cc(C(F)(F)F)cc2ccc(CCCl)nc12. The summed E-state index contributed by atoms with van der Waals surface area (Å²) in [6.45, 7) is 0. The number of rotatable bonds is 2. The van der Waals surface area contributed by atoms with Crippen LogP contribution in [0.2, 0.25) is 0 Å². The molecule has 0 saturated carbocycles. The molecule has 0 saturated heterocycles. The lowest BCUT2D eigenvalue weighted by Crippen LogP contribution is -2.06. The van der Waals surface area contributed by atoms with Crippen LogP contribution >= 0.6 is 11.6 Å². The van der Waals surface area contributed by atoms with Crippen molar-refractivity contribution in [2.24, 2.45) is 0 Å². The lowest BCUT2D eigenvalue weighted by molar-refractivity contribution is -0.137. The molecule has 0 aliphatic rings. The van der Waals surface area contributed by atoms with E-state index in [9.17, 15) is 13.2 Å². The minimum Gasteiger partial charge on any atom is -0.397 e. The third-order valence-electron chi connectivity index (χ3n) is 2.56. The molecular formula is C12H10ClF3N2. The highest BCUT2D eigenvalue weighted by Crippen LogP contribution is 2.33. The molecule has 0 fully saturated rings. The molecule has 0 unspecified atom stereocenters. The van der Waals surface area contributed by atoms with Crippen LogP contribution in [-0.4, -0.2) is 10.9 Å². The van der Waals surface area contributed by atoms with Crippen molar-refractivity contribution in [3.05, 3.63) is 35.5 Å². The first-order chi connectivity index (χ1) is 8.41. The van der Waals surface area contributed by atoms with E-state index in [1.54, 1.807) is 12.1 Å². The summed E-state index contributed by atoms with van der Waals surface area (Å²) in [5.74, 6) is 0.402. The Kier molecular flexibility index (Phi) is 3.34. The van der Waals surface area contributed by atoms with Gasteiger partial charge in [-0.1, -0.05) is 6.07 Å². The second-order valence-corrected chi connectivity index (χ2v) is 4.25. The maximum Gasteiger partial charge on any atom is 0.416 e. The molecule has 1 aromatic heterocycles. The van der Waals surface area contributed by atoms with E-state index in [0.29, 0.717) is 28.9 Å². The van der Waals surface area contributed by atoms with Crippen LogP contribution in [0.25, 0.3) is 10.9 Å². The van der Waals surface area contributed by atoms with Crippen LogP contribution in [0, 0.1) is 0 Å². The lowest BCUT2D eigenvalue weighted by atomic mass is 10.1. The number of alkyl halides is 4. The quantitative estimate of drug-likeness (QED) is 0.671. The van der Waals surface area contributed by atoms with Crippen molar-refractivity contribution in [1.82, 2.24) is 4.98 Å². The molecule has 2 aromatic rings. The van der Waals surface area contributed by atoms with Crippen molar-refractivity contribution in [1.29, 1.82) is 0 Å². The molecule has 0 spiro atoms. The molecule has 2 nitrogen and oxygen atoms in total. The normalized spacial score (nSPS) is 12.0. The molecule has 0 bridgehead atoms. The Bertz CT molecular complexity index is 581. The van der Waals surface area contributed by atoms with E-state index in [1.165, 1.54) is 0 Å². The number of nitrogen functional groups attached to an aromatic ring is 1. The zero-order chi connectivity index (χ0) is 13.3. The monoisotopic (exact) mass is 274 g/mol. The number of hydrogen-bond acceptors (Lipinski definition) is 2. The Labute approximate surface area is 107 Å². The minimum atomic E-state index is -4.41. The van der Waals surface area contributed by atoms with Gasteiger partial charge in [0.15, 0.2) is 0 Å². The standard InChI is InChI=1S/C12H10ClF3N2/c13-4-3-9-2-1-7-5-8(12(14,15)16)6-10(17)11(7)18-9/h1-2,5-6H,3-4,17H2. The Hall–Kier alpha value is -1.49. The van der Waals surface area contributed by atoms with Crippen molar-refractivity contribution in [2.45, 2.75) is 12.6 Å². The number of nitrogens with zero attached hydrogens (tertiary/aromatic N) is 1. The topological polar surface area (TPSA) is 38.9 Å². The van der Waals surface area contributed by atoms with Crippen LogP contribution in [0.15, 0.2) is 24.3 Å². The largest absolute Gasteiger partial charge is 0.416 e. The summed E-state index contributed by atoms with van der Waals surface area (Å²) in [7, 11) is 0. The number of hydrogen-bond donors (Lipinski definition) is 1. The van der Waals surface area contributed by atoms with Gasteiger partial charge in [0.2, 0.25) is 0 Å². The first kappa shape index (κ1) is 13.0. The van der Waals surface area contributed by atoms with Gasteiger partial charge in [-0.3, -0.25) is 4.98 Å². The summed E-state index contributed by atoms with van der Waals surface area (Å²) in [5, 5.41) is 0.376. The van der Waals surface area contributed by atoms with Gasteiger partial charge in [-0.2, -0.15) is 13.2 Å². The van der Waals surface area contributed by atoms with E-state index in [4.69, 9.17) is 17.3 Å². The van der Waals surface area contributed by atoms with E-state index in [2.05, 4.69) is 4.98 Å². The summed E-state index contributed by atoms with van der Waals surface area (Å²) in [4.78, 5) is 4.21. The van der Waals surface area contributed by atoms with Gasteiger partial charge >= 0.3 is 6.18 Å². The molecule has 1 aromatic carbocycles. The van der Waals surface area contributed by atoms with Gasteiger partial charge in [0.05, 0.1) is 16.8 Å². The molecule has 18 heavy (non-hydrogen) atoms. The van der Waals surface area contributed by atoms with Crippen molar-refractivity contribution >= 4 is 28.2 Å². The number of nitrogens with two attached hydrogens (primary N) is 1. The summed E-state index contributed by atoms with van der Waals surface area (Å²) < 4.78 is 37.8. The van der Waals surface area contributed by atoms with Crippen LogP contribution in [0.4, 0.5) is 18.9 Å². The first-order valence-corrected chi connectivity index (χ1v) is 5.77. The fraction of sp³-hybridized carbons (Fsp3) is 0.250. The average Bonchev–Trinajstić information content (AvgIpc) is 2.29.